The number of fused-ring (bicyclic) bond motifs is 1. The number of nitrogens with zero attached hydrogens (tertiary/aromatic N) is 1. The van der Waals surface area contributed by atoms with Gasteiger partial charge >= 0.3 is 0 Å². The minimum Gasteiger partial charge on any atom is -0.397 e. The highest BCUT2D eigenvalue weighted by atomic mass is 16.2. The first-order valence-electron chi connectivity index (χ1n) is 6.55. The molecule has 0 radical (unpaired) electrons. The van der Waals surface area contributed by atoms with Gasteiger partial charge in [-0.25, -0.2) is 0 Å². The van der Waals surface area contributed by atoms with E-state index in [-0.39, 0.29) is 5.91 Å². The van der Waals surface area contributed by atoms with E-state index < -0.39 is 5.41 Å². The average Bonchev–Trinajstić information content (AvgIpc) is 2.44. The molecule has 0 aliphatic heterocycles. The lowest BCUT2D eigenvalue weighted by atomic mass is 9.92. The summed E-state index contributed by atoms with van der Waals surface area (Å²) in [5.41, 5.74) is 7.78. The number of nitrogens with one attached hydrogen (secondary N) is 2. The minimum atomic E-state index is -0.495. The summed E-state index contributed by atoms with van der Waals surface area (Å²) in [5.74, 6) is 0.00266. The smallest absolute Gasteiger partial charge is 0.227 e. The summed E-state index contributed by atoms with van der Waals surface area (Å²) in [6, 6.07) is 7.58. The van der Waals surface area contributed by atoms with Crippen molar-refractivity contribution >= 4 is 28.2 Å². The zero-order chi connectivity index (χ0) is 14.8. The quantitative estimate of drug-likeness (QED) is 0.744. The molecule has 1 heterocycles. The highest BCUT2D eigenvalue weighted by Gasteiger charge is 2.26. The molecule has 5 heteroatoms. The minimum absolute atomic E-state index is 0.00266. The number of hydrogen-bond acceptors (Lipinski definition) is 4. The van der Waals surface area contributed by atoms with Crippen LogP contribution in [0.25, 0.3) is 10.9 Å². The van der Waals surface area contributed by atoms with Gasteiger partial charge < -0.3 is 16.4 Å². The van der Waals surface area contributed by atoms with Crippen molar-refractivity contribution in [2.24, 2.45) is 5.41 Å². The van der Waals surface area contributed by atoms with Gasteiger partial charge in [-0.15, -0.1) is 0 Å². The van der Waals surface area contributed by atoms with Gasteiger partial charge in [-0.2, -0.15) is 0 Å². The standard InChI is InChI=1S/C15H20N4O/c1-15(2,14(20)17-3)9-19-12-7-8-18-13-10(12)5-4-6-11(13)16/h4-8H,9,16H2,1-3H3,(H,17,20)(H,18,19). The molecule has 1 amide bonds. The third kappa shape index (κ3) is 2.66. The lowest BCUT2D eigenvalue weighted by Gasteiger charge is -2.24. The molecule has 1 aromatic heterocycles. The monoisotopic (exact) mass is 272 g/mol. The Morgan fingerprint density at radius 2 is 2.10 bits per heavy atom. The molecule has 20 heavy (non-hydrogen) atoms. The van der Waals surface area contributed by atoms with Crippen molar-refractivity contribution in [2.45, 2.75) is 13.8 Å². The Bertz CT molecular complexity index is 637. The number of aromatic nitrogens is 1. The van der Waals surface area contributed by atoms with Crippen molar-refractivity contribution in [3.05, 3.63) is 30.5 Å². The van der Waals surface area contributed by atoms with Gasteiger partial charge in [0.05, 0.1) is 16.6 Å². The largest absolute Gasteiger partial charge is 0.397 e. The predicted molar refractivity (Wildman–Crippen MR) is 82.5 cm³/mol. The topological polar surface area (TPSA) is 80.0 Å². The van der Waals surface area contributed by atoms with E-state index in [1.165, 1.54) is 0 Å². The van der Waals surface area contributed by atoms with E-state index in [0.29, 0.717) is 12.2 Å². The Morgan fingerprint density at radius 1 is 1.35 bits per heavy atom. The number of anilines is 2. The number of rotatable bonds is 4. The van der Waals surface area contributed by atoms with Crippen molar-refractivity contribution in [2.75, 3.05) is 24.6 Å². The molecule has 0 bridgehead atoms. The number of nitrogens with two attached hydrogens (primary N) is 1. The number of nitrogen functional groups attached to an aromatic ring is 1. The first kappa shape index (κ1) is 14.1. The molecule has 2 aromatic rings. The molecular weight excluding hydrogens is 252 g/mol. The molecule has 0 unspecified atom stereocenters. The van der Waals surface area contributed by atoms with Crippen LogP contribution in [0.1, 0.15) is 13.8 Å². The van der Waals surface area contributed by atoms with E-state index in [1.54, 1.807) is 13.2 Å². The molecule has 0 aliphatic rings. The molecule has 1 aromatic carbocycles. The first-order valence-corrected chi connectivity index (χ1v) is 6.55. The number of para-hydroxylation sites is 1. The Kier molecular flexibility index (Phi) is 3.79. The van der Waals surface area contributed by atoms with E-state index >= 15 is 0 Å². The van der Waals surface area contributed by atoms with E-state index in [1.807, 2.05) is 38.1 Å². The molecule has 106 valence electrons. The Hall–Kier alpha value is -2.30. The number of carbonyl (C=O) groups is 1. The van der Waals surface area contributed by atoms with Crippen LogP contribution in [0, 0.1) is 5.41 Å². The molecule has 0 spiro atoms. The Labute approximate surface area is 118 Å². The van der Waals surface area contributed by atoms with Crippen LogP contribution < -0.4 is 16.4 Å². The molecule has 0 aliphatic carbocycles. The van der Waals surface area contributed by atoms with Gasteiger partial charge in [0.15, 0.2) is 0 Å². The summed E-state index contributed by atoms with van der Waals surface area (Å²) < 4.78 is 0. The highest BCUT2D eigenvalue weighted by Crippen LogP contribution is 2.26. The third-order valence-corrected chi connectivity index (χ3v) is 3.36. The zero-order valence-electron chi connectivity index (χ0n) is 12.0. The highest BCUT2D eigenvalue weighted by molar-refractivity contribution is 5.97. The maximum atomic E-state index is 11.8. The third-order valence-electron chi connectivity index (χ3n) is 3.36. The maximum Gasteiger partial charge on any atom is 0.227 e. The number of amides is 1. The van der Waals surface area contributed by atoms with Crippen LogP contribution in [0.15, 0.2) is 30.5 Å². The fraction of sp³-hybridized carbons (Fsp3) is 0.333. The van der Waals surface area contributed by atoms with Crippen LogP contribution in [-0.2, 0) is 4.79 Å². The second kappa shape index (κ2) is 5.36. The average molecular weight is 272 g/mol. The lowest BCUT2D eigenvalue weighted by molar-refractivity contribution is -0.128. The van der Waals surface area contributed by atoms with Crippen LogP contribution in [-0.4, -0.2) is 24.5 Å². The Morgan fingerprint density at radius 3 is 2.80 bits per heavy atom. The summed E-state index contributed by atoms with van der Waals surface area (Å²) in [6.07, 6.45) is 1.72. The summed E-state index contributed by atoms with van der Waals surface area (Å²) >= 11 is 0. The molecular formula is C15H20N4O. The van der Waals surface area contributed by atoms with Gasteiger partial charge in [0, 0.05) is 30.9 Å². The molecule has 0 fully saturated rings. The fourth-order valence-electron chi connectivity index (χ4n) is 2.09. The number of carbonyl (C=O) groups excluding carboxylic acids is 1. The summed E-state index contributed by atoms with van der Waals surface area (Å²) in [5, 5.41) is 6.95. The second-order valence-corrected chi connectivity index (χ2v) is 5.42. The molecule has 2 rings (SSSR count). The lowest BCUT2D eigenvalue weighted by Crippen LogP contribution is -2.39. The van der Waals surface area contributed by atoms with Gasteiger partial charge in [-0.05, 0) is 26.0 Å². The predicted octanol–water partition coefficient (Wildman–Crippen LogP) is 2.00. The van der Waals surface area contributed by atoms with Crippen molar-refractivity contribution in [3.8, 4) is 0 Å². The fourth-order valence-corrected chi connectivity index (χ4v) is 2.09. The SMILES string of the molecule is CNC(=O)C(C)(C)CNc1ccnc2c(N)cccc12. The van der Waals surface area contributed by atoms with E-state index in [4.69, 9.17) is 5.73 Å². The summed E-state index contributed by atoms with van der Waals surface area (Å²) in [6.45, 7) is 4.33. The molecule has 0 atom stereocenters. The van der Waals surface area contributed by atoms with Crippen LogP contribution >= 0.6 is 0 Å². The van der Waals surface area contributed by atoms with Crippen molar-refractivity contribution in [1.29, 1.82) is 0 Å². The molecule has 5 nitrogen and oxygen atoms in total. The van der Waals surface area contributed by atoms with E-state index in [9.17, 15) is 4.79 Å². The van der Waals surface area contributed by atoms with E-state index in [0.717, 1.165) is 16.6 Å². The maximum absolute atomic E-state index is 11.8. The van der Waals surface area contributed by atoms with E-state index in [2.05, 4.69) is 15.6 Å². The summed E-state index contributed by atoms with van der Waals surface area (Å²) in [7, 11) is 1.65. The first-order chi connectivity index (χ1) is 9.45. The zero-order valence-corrected chi connectivity index (χ0v) is 12.0. The normalized spacial score (nSPS) is 11.3. The van der Waals surface area contributed by atoms with Gasteiger partial charge in [-0.3, -0.25) is 9.78 Å². The van der Waals surface area contributed by atoms with Crippen molar-refractivity contribution < 1.29 is 4.79 Å². The van der Waals surface area contributed by atoms with Crippen molar-refractivity contribution in [3.63, 3.8) is 0 Å². The van der Waals surface area contributed by atoms with Crippen LogP contribution in [0.5, 0.6) is 0 Å². The van der Waals surface area contributed by atoms with Crippen LogP contribution in [0.3, 0.4) is 0 Å². The van der Waals surface area contributed by atoms with Gasteiger partial charge in [0.2, 0.25) is 5.91 Å². The number of hydrogen-bond donors (Lipinski definition) is 3. The van der Waals surface area contributed by atoms with Crippen LogP contribution in [0.2, 0.25) is 0 Å². The van der Waals surface area contributed by atoms with Crippen molar-refractivity contribution in [1.82, 2.24) is 10.3 Å². The molecule has 0 saturated heterocycles. The summed E-state index contributed by atoms with van der Waals surface area (Å²) in [4.78, 5) is 16.1. The molecule has 0 saturated carbocycles. The van der Waals surface area contributed by atoms with Gasteiger partial charge in [0.1, 0.15) is 0 Å². The van der Waals surface area contributed by atoms with Gasteiger partial charge in [0.25, 0.3) is 0 Å². The van der Waals surface area contributed by atoms with Crippen LogP contribution in [0.4, 0.5) is 11.4 Å². The number of benzene rings is 1. The number of pyridine rings is 1. The Balaban J connectivity index is 2.27. The second-order valence-electron chi connectivity index (χ2n) is 5.42. The molecule has 4 N–H and O–H groups in total. The van der Waals surface area contributed by atoms with Gasteiger partial charge in [-0.1, -0.05) is 12.1 Å².